The Morgan fingerprint density at radius 3 is 1.62 bits per heavy atom. The number of ketones is 2. The van der Waals surface area contributed by atoms with E-state index < -0.39 is 0 Å². The van der Waals surface area contributed by atoms with Gasteiger partial charge in [-0.05, 0) is 62.5 Å². The highest BCUT2D eigenvalue weighted by molar-refractivity contribution is 9.10. The van der Waals surface area contributed by atoms with Crippen LogP contribution >= 0.6 is 31.9 Å². The van der Waals surface area contributed by atoms with Gasteiger partial charge in [0.15, 0.2) is 11.6 Å². The van der Waals surface area contributed by atoms with Gasteiger partial charge in [-0.15, -0.1) is 0 Å². The van der Waals surface area contributed by atoms with Gasteiger partial charge in [-0.1, -0.05) is 12.1 Å². The van der Waals surface area contributed by atoms with E-state index in [4.69, 9.17) is 0 Å². The van der Waals surface area contributed by atoms with Crippen LogP contribution in [0.3, 0.4) is 0 Å². The molecule has 0 radical (unpaired) electrons. The zero-order chi connectivity index (χ0) is 15.2. The number of aromatic nitrogens is 2. The fourth-order valence-electron chi connectivity index (χ4n) is 1.79. The van der Waals surface area contributed by atoms with Crippen LogP contribution in [-0.4, -0.2) is 21.5 Å². The van der Waals surface area contributed by atoms with E-state index in [0.29, 0.717) is 39.9 Å². The molecule has 0 N–H and O–H groups in total. The molecular formula is C15H12Br2N2O2. The molecule has 21 heavy (non-hydrogen) atoms. The number of Topliss-reactive ketones (excluding diaryl/α,β-unsaturated/α-hetero) is 2. The maximum atomic E-state index is 12.0. The molecule has 0 aliphatic carbocycles. The van der Waals surface area contributed by atoms with Gasteiger partial charge < -0.3 is 0 Å². The lowest BCUT2D eigenvalue weighted by Crippen LogP contribution is -2.06. The molecule has 2 rings (SSSR count). The molecule has 0 atom stereocenters. The van der Waals surface area contributed by atoms with Gasteiger partial charge in [0.2, 0.25) is 0 Å². The summed E-state index contributed by atoms with van der Waals surface area (Å²) in [5, 5.41) is 0. The predicted molar refractivity (Wildman–Crippen MR) is 86.4 cm³/mol. The summed E-state index contributed by atoms with van der Waals surface area (Å²) in [6.07, 6.45) is 1.08. The minimum absolute atomic E-state index is 0.0636. The molecule has 0 saturated heterocycles. The summed E-state index contributed by atoms with van der Waals surface area (Å²) in [5.74, 6) is -0.127. The van der Waals surface area contributed by atoms with Crippen molar-refractivity contribution in [1.82, 2.24) is 9.97 Å². The molecule has 2 aromatic heterocycles. The maximum absolute atomic E-state index is 12.0. The van der Waals surface area contributed by atoms with Crippen LogP contribution in [0.5, 0.6) is 0 Å². The molecule has 0 unspecified atom stereocenters. The van der Waals surface area contributed by atoms with Crippen molar-refractivity contribution >= 4 is 43.4 Å². The molecule has 0 fully saturated rings. The fraction of sp³-hybridized carbons (Fsp3) is 0.200. The van der Waals surface area contributed by atoms with E-state index in [-0.39, 0.29) is 11.6 Å². The van der Waals surface area contributed by atoms with Crippen molar-refractivity contribution < 1.29 is 9.59 Å². The van der Waals surface area contributed by atoms with E-state index in [1.165, 1.54) is 0 Å². The lowest BCUT2D eigenvalue weighted by atomic mass is 10.1. The Hall–Kier alpha value is -1.40. The first-order valence-corrected chi connectivity index (χ1v) is 7.96. The molecule has 0 aromatic carbocycles. The molecule has 0 spiro atoms. The molecular weight excluding hydrogens is 400 g/mol. The molecule has 0 bridgehead atoms. The summed E-state index contributed by atoms with van der Waals surface area (Å²) in [6.45, 7) is 0. The fourth-order valence-corrected chi connectivity index (χ4v) is 2.48. The smallest absolute Gasteiger partial charge is 0.181 e. The van der Waals surface area contributed by atoms with E-state index in [2.05, 4.69) is 41.8 Å². The average Bonchev–Trinajstić information content (AvgIpc) is 2.47. The van der Waals surface area contributed by atoms with Crippen LogP contribution in [0.2, 0.25) is 0 Å². The second-order valence-corrected chi connectivity index (χ2v) is 6.02. The van der Waals surface area contributed by atoms with Crippen LogP contribution in [0.1, 0.15) is 40.2 Å². The van der Waals surface area contributed by atoms with Crippen molar-refractivity contribution in [3.8, 4) is 0 Å². The summed E-state index contributed by atoms with van der Waals surface area (Å²) in [6, 6.07) is 10.4. The van der Waals surface area contributed by atoms with Crippen LogP contribution in [0.25, 0.3) is 0 Å². The highest BCUT2D eigenvalue weighted by Crippen LogP contribution is 2.12. The molecule has 2 heterocycles. The topological polar surface area (TPSA) is 59.9 Å². The van der Waals surface area contributed by atoms with Crippen molar-refractivity contribution in [2.24, 2.45) is 0 Å². The van der Waals surface area contributed by atoms with Gasteiger partial charge >= 0.3 is 0 Å². The van der Waals surface area contributed by atoms with Crippen molar-refractivity contribution in [2.75, 3.05) is 0 Å². The van der Waals surface area contributed by atoms with Gasteiger partial charge in [0.1, 0.15) is 20.6 Å². The third-order valence-corrected chi connectivity index (χ3v) is 3.69. The van der Waals surface area contributed by atoms with Crippen LogP contribution in [0.15, 0.2) is 45.6 Å². The Labute approximate surface area is 139 Å². The van der Waals surface area contributed by atoms with Crippen molar-refractivity contribution in [3.05, 3.63) is 57.0 Å². The van der Waals surface area contributed by atoms with Crippen LogP contribution < -0.4 is 0 Å². The standard InChI is InChI=1S/C15H12Br2N2O2/c16-14-8-1-4-10(18-14)12(20)6-3-7-13(21)11-5-2-9-15(17)19-11/h1-2,4-5,8-9H,3,6-7H2. The molecule has 6 heteroatoms. The number of hydrogen-bond acceptors (Lipinski definition) is 4. The summed E-state index contributed by atoms with van der Waals surface area (Å²) >= 11 is 6.46. The number of carbonyl (C=O) groups excluding carboxylic acids is 2. The zero-order valence-corrected chi connectivity index (χ0v) is 14.2. The van der Waals surface area contributed by atoms with Crippen LogP contribution in [0, 0.1) is 0 Å². The molecule has 0 aliphatic rings. The third-order valence-electron chi connectivity index (χ3n) is 2.81. The van der Waals surface area contributed by atoms with Crippen molar-refractivity contribution in [2.45, 2.75) is 19.3 Å². The monoisotopic (exact) mass is 410 g/mol. The number of nitrogens with zero attached hydrogens (tertiary/aromatic N) is 2. The molecule has 4 nitrogen and oxygen atoms in total. The van der Waals surface area contributed by atoms with Crippen LogP contribution in [0.4, 0.5) is 0 Å². The van der Waals surface area contributed by atoms with Gasteiger partial charge in [-0.3, -0.25) is 9.59 Å². The number of halogens is 2. The Morgan fingerprint density at radius 2 is 1.24 bits per heavy atom. The van der Waals surface area contributed by atoms with E-state index in [0.717, 1.165) is 0 Å². The minimum Gasteiger partial charge on any atom is -0.292 e. The average molecular weight is 412 g/mol. The maximum Gasteiger partial charge on any atom is 0.181 e. The molecule has 0 aliphatic heterocycles. The molecule has 108 valence electrons. The number of carbonyl (C=O) groups is 2. The lowest BCUT2D eigenvalue weighted by Gasteiger charge is -2.02. The quantitative estimate of drug-likeness (QED) is 0.526. The van der Waals surface area contributed by atoms with Gasteiger partial charge in [-0.2, -0.15) is 0 Å². The summed E-state index contributed by atoms with van der Waals surface area (Å²) < 4.78 is 1.26. The molecule has 2 aromatic rings. The summed E-state index contributed by atoms with van der Waals surface area (Å²) in [4.78, 5) is 32.1. The number of pyridine rings is 2. The lowest BCUT2D eigenvalue weighted by molar-refractivity contribution is 0.0952. The Balaban J connectivity index is 1.87. The molecule has 0 amide bonds. The highest BCUT2D eigenvalue weighted by atomic mass is 79.9. The number of hydrogen-bond donors (Lipinski definition) is 0. The number of rotatable bonds is 6. The van der Waals surface area contributed by atoms with Gasteiger partial charge in [0, 0.05) is 12.8 Å². The minimum atomic E-state index is -0.0636. The Bertz CT molecular complexity index is 617. The first-order chi connectivity index (χ1) is 10.1. The first kappa shape index (κ1) is 16.0. The van der Waals surface area contributed by atoms with Crippen molar-refractivity contribution in [3.63, 3.8) is 0 Å². The zero-order valence-electron chi connectivity index (χ0n) is 11.1. The third kappa shape index (κ3) is 4.82. The normalized spacial score (nSPS) is 10.4. The van der Waals surface area contributed by atoms with Crippen LogP contribution in [-0.2, 0) is 0 Å². The van der Waals surface area contributed by atoms with Gasteiger partial charge in [-0.25, -0.2) is 9.97 Å². The second kappa shape index (κ2) is 7.56. The Kier molecular flexibility index (Phi) is 5.76. The van der Waals surface area contributed by atoms with Gasteiger partial charge in [0.05, 0.1) is 0 Å². The first-order valence-electron chi connectivity index (χ1n) is 6.38. The van der Waals surface area contributed by atoms with Gasteiger partial charge in [0.25, 0.3) is 0 Å². The largest absolute Gasteiger partial charge is 0.292 e. The van der Waals surface area contributed by atoms with Crippen molar-refractivity contribution in [1.29, 1.82) is 0 Å². The van der Waals surface area contributed by atoms with E-state index >= 15 is 0 Å². The van der Waals surface area contributed by atoms with E-state index in [1.807, 2.05) is 0 Å². The summed E-state index contributed by atoms with van der Waals surface area (Å²) in [7, 11) is 0. The van der Waals surface area contributed by atoms with E-state index in [9.17, 15) is 9.59 Å². The predicted octanol–water partition coefficient (Wildman–Crippen LogP) is 4.24. The highest BCUT2D eigenvalue weighted by Gasteiger charge is 2.11. The molecule has 0 saturated carbocycles. The summed E-state index contributed by atoms with van der Waals surface area (Å²) in [5.41, 5.74) is 0.829. The SMILES string of the molecule is O=C(CCCC(=O)c1cccc(Br)n1)c1cccc(Br)n1. The Morgan fingerprint density at radius 1 is 0.810 bits per heavy atom. The van der Waals surface area contributed by atoms with E-state index in [1.54, 1.807) is 36.4 Å². The second-order valence-electron chi connectivity index (χ2n) is 4.39.